The Labute approximate surface area is 349 Å². The molecule has 0 saturated heterocycles. The number of hydrogen-bond acceptors (Lipinski definition) is 3. The van der Waals surface area contributed by atoms with Gasteiger partial charge in [0.1, 0.15) is 0 Å². The molecule has 0 bridgehead atoms. The Bertz CT molecular complexity index is 2100. The topological polar surface area (TPSA) is 94.7 Å². The predicted molar refractivity (Wildman–Crippen MR) is 211 cm³/mol. The third-order valence-corrected chi connectivity index (χ3v) is 9.49. The van der Waals surface area contributed by atoms with Crippen LogP contribution in [0, 0.1) is 0 Å². The third kappa shape index (κ3) is 9.99. The molecule has 0 spiro atoms. The molecule has 0 fully saturated rings. The molecule has 0 aromatic heterocycles. The number of nitrogens with one attached hydrogen (secondary N) is 1. The fraction of sp³-hybridized carbons (Fsp3) is 0.311. The van der Waals surface area contributed by atoms with E-state index in [0.29, 0.717) is 23.7 Å². The first kappa shape index (κ1) is 45.7. The number of alkyl halides is 6. The molecule has 0 radical (unpaired) electrons. The van der Waals surface area contributed by atoms with Crippen molar-refractivity contribution in [1.29, 1.82) is 0 Å². The molecule has 0 unspecified atom stereocenters. The molecule has 0 saturated carbocycles. The van der Waals surface area contributed by atoms with E-state index >= 15 is 0 Å². The maximum atomic E-state index is 11.3. The monoisotopic (exact) mass is 892 g/mol. The number of nitrogens with zero attached hydrogens (tertiary/aromatic N) is 3. The molecule has 308 valence electrons. The molecule has 0 aliphatic carbocycles. The van der Waals surface area contributed by atoms with Crippen molar-refractivity contribution < 1.29 is 61.7 Å². The van der Waals surface area contributed by atoms with Crippen LogP contribution in [0.3, 0.4) is 0 Å². The van der Waals surface area contributed by atoms with Gasteiger partial charge in [-0.2, -0.15) is 26.3 Å². The Morgan fingerprint density at radius 3 is 1.52 bits per heavy atom. The summed E-state index contributed by atoms with van der Waals surface area (Å²) < 4.78 is 67.8. The van der Waals surface area contributed by atoms with Gasteiger partial charge in [-0.15, -0.1) is 17.1 Å². The van der Waals surface area contributed by atoms with Gasteiger partial charge in [0.25, 0.3) is 5.78 Å². The van der Waals surface area contributed by atoms with Crippen LogP contribution >= 0.6 is 0 Å². The zero-order valence-electron chi connectivity index (χ0n) is 33.2. The van der Waals surface area contributed by atoms with Crippen molar-refractivity contribution in [2.75, 3.05) is 0 Å². The maximum Gasteiger partial charge on any atom is 2.00 e. The second-order valence-corrected chi connectivity index (χ2v) is 15.0. The average Bonchev–Trinajstić information content (AvgIpc) is 3.68. The van der Waals surface area contributed by atoms with Crippen LogP contribution in [-0.2, 0) is 25.2 Å². The second kappa shape index (κ2) is 18.3. The van der Waals surface area contributed by atoms with Crippen molar-refractivity contribution in [2.24, 2.45) is 4.99 Å². The minimum atomic E-state index is -5.46. The van der Waals surface area contributed by atoms with Crippen LogP contribution in [0.4, 0.5) is 49.1 Å². The summed E-state index contributed by atoms with van der Waals surface area (Å²) >= 11 is 0. The first-order valence-electron chi connectivity index (χ1n) is 18.6. The van der Waals surface area contributed by atoms with Gasteiger partial charge < -0.3 is 15.7 Å². The first-order valence-corrected chi connectivity index (χ1v) is 18.6. The van der Waals surface area contributed by atoms with Crippen LogP contribution in [0.2, 0.25) is 0 Å². The van der Waals surface area contributed by atoms with Gasteiger partial charge in [0, 0.05) is 16.7 Å². The van der Waals surface area contributed by atoms with Crippen LogP contribution < -0.4 is 10.1 Å². The molecule has 6 nitrogen and oxygen atoms in total. The zero-order chi connectivity index (χ0) is 42.0. The van der Waals surface area contributed by atoms with E-state index in [1.54, 1.807) is 0 Å². The Kier molecular flexibility index (Phi) is 14.4. The second-order valence-electron chi connectivity index (χ2n) is 15.0. The summed E-state index contributed by atoms with van der Waals surface area (Å²) in [7, 11) is 0. The van der Waals surface area contributed by atoms with Gasteiger partial charge in [0.15, 0.2) is 5.71 Å². The fourth-order valence-electron chi connectivity index (χ4n) is 6.59. The summed E-state index contributed by atoms with van der Waals surface area (Å²) in [5.41, 5.74) is 14.8. The molecular formula is C45H44F6N4O2Pd. The molecule has 2 aliphatic rings. The zero-order valence-corrected chi connectivity index (χ0v) is 34.8. The maximum absolute atomic E-state index is 11.3. The van der Waals surface area contributed by atoms with Gasteiger partial charge in [-0.05, 0) is 58.3 Å². The molecule has 4 aromatic carbocycles. The number of benzene rings is 4. The Hall–Kier alpha value is -4.99. The number of para-hydroxylation sites is 4. The predicted octanol–water partition coefficient (Wildman–Crippen LogP) is 11.4. The molecule has 0 amide bonds. The molecule has 4 aromatic rings. The van der Waals surface area contributed by atoms with Crippen molar-refractivity contribution in [3.05, 3.63) is 152 Å². The van der Waals surface area contributed by atoms with Crippen LogP contribution in [0.1, 0.15) is 112 Å². The van der Waals surface area contributed by atoms with E-state index in [1.165, 1.54) is 27.9 Å². The van der Waals surface area contributed by atoms with Crippen molar-refractivity contribution >= 4 is 40.0 Å². The van der Waals surface area contributed by atoms with Gasteiger partial charge in [-0.25, -0.2) is 9.98 Å². The van der Waals surface area contributed by atoms with Crippen LogP contribution in [0.5, 0.6) is 0 Å². The van der Waals surface area contributed by atoms with Crippen molar-refractivity contribution in [3.8, 4) is 0 Å². The molecule has 0 atom stereocenters. The summed E-state index contributed by atoms with van der Waals surface area (Å²) in [5.74, 6) is -4.25. The molecule has 6 rings (SSSR count). The number of fused-ring (bicyclic) bond motifs is 2. The molecule has 1 N–H and O–H groups in total. The number of rotatable bonds is 7. The Morgan fingerprint density at radius 2 is 1.05 bits per heavy atom. The number of carbonyl (C=O) groups is 1. The van der Waals surface area contributed by atoms with Gasteiger partial charge in [-0.1, -0.05) is 140 Å². The van der Waals surface area contributed by atoms with E-state index in [-0.39, 0.29) is 20.4 Å². The number of ketones is 1. The minimum Gasteiger partial charge on any atom is -0.869 e. The molecule has 2 aliphatic heterocycles. The molecule has 13 heteroatoms. The Morgan fingerprint density at radius 1 is 0.621 bits per heavy atom. The van der Waals surface area contributed by atoms with Gasteiger partial charge >= 0.3 is 32.8 Å². The SMILES string of the molecule is CC(C)c1cccc(C(C)C)c1N=C1/C(=C2/[N-]c3ccccc3C2=[NH+]c2c(C(C)C)cccc2C(C)C)[N-]c2ccccc21.O=C(/C=C(\[O-])C(F)(F)F)C(F)(F)F.[Pd+2]. The molecular weight excluding hydrogens is 849 g/mol. The standard InChI is InChI=1S/C40H42N4.C5H2F6O2.Pd/c1-23(2)27-17-13-18-28(24(3)4)35(27)43-37-31-15-9-11-21-33(31)41-39(37)40-38(32-16-10-12-22-34(32)42-40)44-36-29(25(5)6)19-14-20-30(36)26(7)8;6-4(7,8)2(12)1-3(13)5(9,10)11;/h9-26H,1-8H3;1,12H;/q-2;;+2/b40-39-,43-37?,44-38?;2-1-;. The summed E-state index contributed by atoms with van der Waals surface area (Å²) in [6, 6.07) is 30.0. The van der Waals surface area contributed by atoms with E-state index < -0.39 is 30.0 Å². The number of aliphatic imine (C=N–C) groups is 1. The van der Waals surface area contributed by atoms with E-state index in [1.807, 2.05) is 6.07 Å². The number of halogens is 6. The number of carbonyl (C=O) groups excluding carboxylic acids is 1. The average molecular weight is 893 g/mol. The summed E-state index contributed by atoms with van der Waals surface area (Å²) in [6.07, 6.45) is -11.9. The van der Waals surface area contributed by atoms with Crippen molar-refractivity contribution in [3.63, 3.8) is 0 Å². The van der Waals surface area contributed by atoms with Crippen LogP contribution in [-0.4, -0.2) is 29.6 Å². The van der Waals surface area contributed by atoms with Gasteiger partial charge in [0.05, 0.1) is 11.4 Å². The summed E-state index contributed by atoms with van der Waals surface area (Å²) in [5, 5.41) is 20.3. The number of hydrogen-bond donors (Lipinski definition) is 1. The van der Waals surface area contributed by atoms with Crippen LogP contribution in [0.15, 0.2) is 113 Å². The first-order chi connectivity index (χ1) is 26.7. The van der Waals surface area contributed by atoms with Crippen molar-refractivity contribution in [1.82, 2.24) is 0 Å². The van der Waals surface area contributed by atoms with E-state index in [2.05, 4.69) is 139 Å². The summed E-state index contributed by atoms with van der Waals surface area (Å²) in [4.78, 5) is 19.3. The smallest absolute Gasteiger partial charge is 0.869 e. The Balaban J connectivity index is 0.000000460. The summed E-state index contributed by atoms with van der Waals surface area (Å²) in [6.45, 7) is 18.0. The fourth-order valence-corrected chi connectivity index (χ4v) is 6.59. The number of allylic oxidation sites excluding steroid dienone is 4. The van der Waals surface area contributed by atoms with Gasteiger partial charge in [0.2, 0.25) is 5.69 Å². The van der Waals surface area contributed by atoms with Crippen molar-refractivity contribution in [2.45, 2.75) is 91.4 Å². The minimum absolute atomic E-state index is 0. The normalized spacial score (nSPS) is 16.6. The quantitative estimate of drug-likeness (QED) is 0.0866. The van der Waals surface area contributed by atoms with E-state index in [0.717, 1.165) is 51.0 Å². The molecule has 2 heterocycles. The van der Waals surface area contributed by atoms with E-state index in [4.69, 9.17) is 15.6 Å². The van der Waals surface area contributed by atoms with Gasteiger partial charge in [-0.3, -0.25) is 4.79 Å². The van der Waals surface area contributed by atoms with E-state index in [9.17, 15) is 36.2 Å². The third-order valence-electron chi connectivity index (χ3n) is 9.49. The van der Waals surface area contributed by atoms with Crippen LogP contribution in [0.25, 0.3) is 10.6 Å². The molecule has 58 heavy (non-hydrogen) atoms. The largest absolute Gasteiger partial charge is 2.00 e.